The third kappa shape index (κ3) is 10.5. The number of benzene rings is 1. The monoisotopic (exact) mass is 733 g/mol. The molecule has 4 amide bonds. The summed E-state index contributed by atoms with van der Waals surface area (Å²) in [5, 5.41) is 18.0. The second-order valence-corrected chi connectivity index (χ2v) is 14.8. The van der Waals surface area contributed by atoms with Gasteiger partial charge < -0.3 is 40.3 Å². The van der Waals surface area contributed by atoms with Gasteiger partial charge in [-0.2, -0.15) is 0 Å². The summed E-state index contributed by atoms with van der Waals surface area (Å²) in [4.78, 5) is 69.8. The number of nitrogens with zero attached hydrogens (tertiary/aromatic N) is 2. The third-order valence-corrected chi connectivity index (χ3v) is 10.9. The highest BCUT2D eigenvalue weighted by molar-refractivity contribution is 5.92. The van der Waals surface area contributed by atoms with E-state index in [1.54, 1.807) is 57.0 Å². The molecule has 2 saturated heterocycles. The van der Waals surface area contributed by atoms with E-state index in [1.807, 2.05) is 19.9 Å². The van der Waals surface area contributed by atoms with Crippen LogP contribution in [0.4, 0.5) is 4.39 Å². The fourth-order valence-electron chi connectivity index (χ4n) is 7.52. The van der Waals surface area contributed by atoms with Crippen LogP contribution in [0.1, 0.15) is 72.3 Å². The molecule has 0 aromatic heterocycles. The van der Waals surface area contributed by atoms with Crippen molar-refractivity contribution >= 4 is 29.6 Å². The Morgan fingerprint density at radius 2 is 1.75 bits per heavy atom. The highest BCUT2D eigenvalue weighted by Gasteiger charge is 2.46. The van der Waals surface area contributed by atoms with Crippen LogP contribution in [0, 0.1) is 17.8 Å². The molecule has 0 spiro atoms. The molecule has 1 aromatic rings. The fourth-order valence-corrected chi connectivity index (χ4v) is 7.52. The summed E-state index contributed by atoms with van der Waals surface area (Å²) in [6.45, 7) is 9.89. The molecule has 2 heterocycles. The number of methoxy groups -OCH3 is 2. The second kappa shape index (κ2) is 19.5. The number of nitrogens with one attached hydrogen (secondary N) is 3. The van der Waals surface area contributed by atoms with E-state index in [0.717, 1.165) is 5.56 Å². The summed E-state index contributed by atoms with van der Waals surface area (Å²) < 4.78 is 27.0. The van der Waals surface area contributed by atoms with Crippen LogP contribution in [0.15, 0.2) is 30.3 Å². The smallest absolute Gasteiger partial charge is 0.326 e. The standard InChI is InChI=1S/C38H60FN5O8/c1-9-24(4)32(43(6)35(47)31(23(2)3)42-37(50)38(39)17-18-40-22-38)29(51-7)21-30(45)44-19-13-16-28(44)33(52-8)25(5)34(46)41-27(36(48)49)20-26-14-11-10-12-15-26/h10-12,14-15,23-25,27-29,31-33,40H,9,13,16-22H2,1-8H3,(H,41,46)(H,42,50)(H,48,49)/t24-,25+,27-,28-,29+,31-,32-,33+,38?/m0/s1. The summed E-state index contributed by atoms with van der Waals surface area (Å²) in [5.74, 6) is -4.31. The maximum atomic E-state index is 15.3. The zero-order valence-corrected chi connectivity index (χ0v) is 32.0. The Balaban J connectivity index is 1.76. The van der Waals surface area contributed by atoms with Gasteiger partial charge >= 0.3 is 5.97 Å². The van der Waals surface area contributed by atoms with Crippen molar-refractivity contribution in [3.63, 3.8) is 0 Å². The number of amides is 4. The number of halogens is 1. The Morgan fingerprint density at radius 1 is 1.08 bits per heavy atom. The fraction of sp³-hybridized carbons (Fsp3) is 0.711. The van der Waals surface area contributed by atoms with E-state index in [9.17, 15) is 29.1 Å². The molecule has 13 nitrogen and oxygen atoms in total. The molecular formula is C38H60FN5O8. The number of likely N-dealkylation sites (N-methyl/N-ethyl adjacent to an activating group) is 1. The van der Waals surface area contributed by atoms with Crippen LogP contribution in [-0.4, -0.2) is 127 Å². The first-order valence-corrected chi connectivity index (χ1v) is 18.5. The van der Waals surface area contributed by atoms with E-state index < -0.39 is 71.7 Å². The van der Waals surface area contributed by atoms with Gasteiger partial charge in [0.1, 0.15) is 12.1 Å². The molecule has 14 heteroatoms. The number of rotatable bonds is 19. The topological polar surface area (TPSA) is 167 Å². The van der Waals surface area contributed by atoms with Gasteiger partial charge in [-0.3, -0.25) is 19.2 Å². The van der Waals surface area contributed by atoms with Gasteiger partial charge in [-0.05, 0) is 36.8 Å². The Hall–Kier alpha value is -3.62. The first-order chi connectivity index (χ1) is 24.6. The van der Waals surface area contributed by atoms with Crippen molar-refractivity contribution in [3.05, 3.63) is 35.9 Å². The van der Waals surface area contributed by atoms with Gasteiger partial charge in [-0.25, -0.2) is 9.18 Å². The molecule has 52 heavy (non-hydrogen) atoms. The molecule has 1 aromatic carbocycles. The highest BCUT2D eigenvalue weighted by Crippen LogP contribution is 2.30. The molecule has 0 aliphatic carbocycles. The van der Waals surface area contributed by atoms with Crippen molar-refractivity contribution in [1.29, 1.82) is 0 Å². The number of aliphatic carboxylic acids is 1. The highest BCUT2D eigenvalue weighted by atomic mass is 19.1. The molecule has 2 aliphatic rings. The minimum atomic E-state index is -2.09. The minimum Gasteiger partial charge on any atom is -0.480 e. The minimum absolute atomic E-state index is 0.0268. The Labute approximate surface area is 307 Å². The van der Waals surface area contributed by atoms with Crippen LogP contribution in [0.2, 0.25) is 0 Å². The van der Waals surface area contributed by atoms with Crippen LogP contribution >= 0.6 is 0 Å². The van der Waals surface area contributed by atoms with Crippen LogP contribution in [0.3, 0.4) is 0 Å². The maximum Gasteiger partial charge on any atom is 0.326 e. The Bertz CT molecular complexity index is 1360. The van der Waals surface area contributed by atoms with Gasteiger partial charge in [0, 0.05) is 47.2 Å². The number of ether oxygens (including phenoxy) is 2. The molecule has 2 fully saturated rings. The zero-order valence-electron chi connectivity index (χ0n) is 32.0. The predicted octanol–water partition coefficient (Wildman–Crippen LogP) is 2.56. The van der Waals surface area contributed by atoms with E-state index in [1.165, 1.54) is 19.1 Å². The summed E-state index contributed by atoms with van der Waals surface area (Å²) in [7, 11) is 4.60. The largest absolute Gasteiger partial charge is 0.480 e. The lowest BCUT2D eigenvalue weighted by molar-refractivity contribution is -0.148. The molecule has 9 atom stereocenters. The molecule has 1 unspecified atom stereocenters. The molecule has 0 radical (unpaired) electrons. The average Bonchev–Trinajstić information content (AvgIpc) is 3.80. The first kappa shape index (κ1) is 42.8. The van der Waals surface area contributed by atoms with Crippen molar-refractivity contribution in [1.82, 2.24) is 25.8 Å². The molecular weight excluding hydrogens is 673 g/mol. The Morgan fingerprint density at radius 3 is 2.29 bits per heavy atom. The summed E-state index contributed by atoms with van der Waals surface area (Å²) in [5.41, 5.74) is -1.32. The van der Waals surface area contributed by atoms with Crippen LogP contribution < -0.4 is 16.0 Å². The SMILES string of the molecule is CC[C@H](C)[C@@H]([C@@H](CC(=O)N1CCC[C@H]1[C@H](OC)[C@@H](C)C(=O)N[C@@H](Cc1ccccc1)C(=O)O)OC)N(C)C(=O)[C@@H](NC(=O)C1(F)CCNC1)C(C)C. The molecule has 0 saturated carbocycles. The van der Waals surface area contributed by atoms with E-state index in [0.29, 0.717) is 32.4 Å². The van der Waals surface area contributed by atoms with Crippen molar-refractivity contribution in [3.8, 4) is 0 Å². The van der Waals surface area contributed by atoms with Crippen molar-refractivity contribution in [2.45, 2.75) is 115 Å². The zero-order chi connectivity index (χ0) is 38.7. The van der Waals surface area contributed by atoms with Gasteiger partial charge in [0.2, 0.25) is 23.4 Å². The van der Waals surface area contributed by atoms with Crippen LogP contribution in [0.5, 0.6) is 0 Å². The molecule has 292 valence electrons. The summed E-state index contributed by atoms with van der Waals surface area (Å²) in [6.07, 6.45) is 0.585. The number of hydrogen-bond donors (Lipinski definition) is 4. The maximum absolute atomic E-state index is 15.3. The number of likely N-dealkylation sites (tertiary alicyclic amines) is 1. The lowest BCUT2D eigenvalue weighted by Crippen LogP contribution is -2.59. The van der Waals surface area contributed by atoms with Gasteiger partial charge in [-0.15, -0.1) is 0 Å². The van der Waals surface area contributed by atoms with E-state index in [2.05, 4.69) is 16.0 Å². The number of hydrogen-bond acceptors (Lipinski definition) is 8. The predicted molar refractivity (Wildman–Crippen MR) is 194 cm³/mol. The number of alkyl halides is 1. The summed E-state index contributed by atoms with van der Waals surface area (Å²) in [6, 6.07) is 5.90. The van der Waals surface area contributed by atoms with Gasteiger partial charge in [0.05, 0.1) is 36.6 Å². The number of carbonyl (C=O) groups excluding carboxylic acids is 4. The molecule has 0 bridgehead atoms. The van der Waals surface area contributed by atoms with Crippen LogP contribution in [-0.2, 0) is 39.9 Å². The van der Waals surface area contributed by atoms with Gasteiger partial charge in [0.25, 0.3) is 5.91 Å². The molecule has 4 N–H and O–H groups in total. The van der Waals surface area contributed by atoms with Crippen molar-refractivity contribution in [2.75, 3.05) is 40.9 Å². The normalized spacial score (nSPS) is 22.9. The van der Waals surface area contributed by atoms with E-state index in [4.69, 9.17) is 9.47 Å². The number of carbonyl (C=O) groups is 5. The molecule has 3 rings (SSSR count). The van der Waals surface area contributed by atoms with E-state index >= 15 is 4.39 Å². The number of carboxylic acids is 1. The van der Waals surface area contributed by atoms with Crippen molar-refractivity contribution < 1.29 is 42.9 Å². The van der Waals surface area contributed by atoms with Crippen LogP contribution in [0.25, 0.3) is 0 Å². The van der Waals surface area contributed by atoms with Gasteiger partial charge in [-0.1, -0.05) is 71.4 Å². The summed E-state index contributed by atoms with van der Waals surface area (Å²) >= 11 is 0. The van der Waals surface area contributed by atoms with E-state index in [-0.39, 0.29) is 43.6 Å². The Kier molecular flexibility index (Phi) is 16.0. The number of carboxylic acid groups (broad SMARTS) is 1. The quantitative estimate of drug-likeness (QED) is 0.167. The first-order valence-electron chi connectivity index (χ1n) is 18.5. The van der Waals surface area contributed by atoms with Gasteiger partial charge in [0.15, 0.2) is 0 Å². The lowest BCUT2D eigenvalue weighted by Gasteiger charge is -2.41. The molecule has 2 aliphatic heterocycles. The average molecular weight is 734 g/mol. The second-order valence-electron chi connectivity index (χ2n) is 14.8. The lowest BCUT2D eigenvalue weighted by atomic mass is 9.89. The van der Waals surface area contributed by atoms with Crippen molar-refractivity contribution in [2.24, 2.45) is 17.8 Å². The third-order valence-electron chi connectivity index (χ3n) is 10.9.